The molecule has 0 bridgehead atoms. The summed E-state index contributed by atoms with van der Waals surface area (Å²) in [6.07, 6.45) is 5.12. The maximum atomic E-state index is 11.4. The van der Waals surface area contributed by atoms with Crippen molar-refractivity contribution in [1.29, 1.82) is 0 Å². The number of amidine groups is 1. The second-order valence-electron chi connectivity index (χ2n) is 6.50. The van der Waals surface area contributed by atoms with Crippen molar-refractivity contribution in [2.24, 2.45) is 10.2 Å². The highest BCUT2D eigenvalue weighted by Gasteiger charge is 2.40. The predicted octanol–water partition coefficient (Wildman–Crippen LogP) is -0.695. The Labute approximate surface area is 191 Å². The topological polar surface area (TPSA) is 142 Å². The van der Waals surface area contributed by atoms with Gasteiger partial charge in [-0.1, -0.05) is 27.9 Å². The highest BCUT2D eigenvalue weighted by molar-refractivity contribution is 7.95. The van der Waals surface area contributed by atoms with E-state index in [4.69, 9.17) is 0 Å². The third kappa shape index (κ3) is 4.15. The van der Waals surface area contributed by atoms with Crippen LogP contribution in [0.25, 0.3) is 11.8 Å². The minimum absolute atomic E-state index is 0.253. The van der Waals surface area contributed by atoms with Gasteiger partial charge in [-0.15, -0.1) is 5.10 Å². The summed E-state index contributed by atoms with van der Waals surface area (Å²) in [4.78, 5) is 2.62. The van der Waals surface area contributed by atoms with Gasteiger partial charge in [0.2, 0.25) is 4.80 Å². The summed E-state index contributed by atoms with van der Waals surface area (Å²) in [6, 6.07) is 0. The first kappa shape index (κ1) is 22.8. The van der Waals surface area contributed by atoms with E-state index in [1.54, 1.807) is 0 Å². The highest BCUT2D eigenvalue weighted by Crippen LogP contribution is 2.22. The first-order valence-electron chi connectivity index (χ1n) is 9.15. The van der Waals surface area contributed by atoms with E-state index in [1.807, 2.05) is 23.3 Å². The van der Waals surface area contributed by atoms with Crippen LogP contribution in [0.4, 0.5) is 0 Å². The molecule has 14 heteroatoms. The number of fused-ring (bicyclic) bond motifs is 2. The molecule has 0 spiro atoms. The standard InChI is InChI=1S/C18H15N4O6S4/c1-3-21-13-7-5-11(31(23,24)25)9-15(13)29-17(21)19-20-18-22(4-2)14-8-6-12(32(26,27)28)10-16(14)30-18/h5-6,9-10H,3-4H2,1-2H3,(H-,23,24,25,26,27,28)/p+1/b19-17+,20-18+. The van der Waals surface area contributed by atoms with Gasteiger partial charge >= 0.3 is 5.17 Å². The van der Waals surface area contributed by atoms with E-state index < -0.39 is 20.2 Å². The molecule has 2 aliphatic carbocycles. The lowest BCUT2D eigenvalue weighted by Gasteiger charge is -2.11. The van der Waals surface area contributed by atoms with E-state index in [1.165, 1.54) is 47.0 Å². The van der Waals surface area contributed by atoms with E-state index in [0.717, 1.165) is 0 Å². The Kier molecular flexibility index (Phi) is 5.82. The van der Waals surface area contributed by atoms with Crippen LogP contribution < -0.4 is 14.7 Å². The van der Waals surface area contributed by atoms with Crippen LogP contribution in [0.2, 0.25) is 0 Å². The fourth-order valence-electron chi connectivity index (χ4n) is 3.09. The zero-order valence-corrected chi connectivity index (χ0v) is 19.9. The van der Waals surface area contributed by atoms with Gasteiger partial charge in [-0.3, -0.25) is 14.0 Å². The number of allylic oxidation sites excluding steroid dienone is 1. The number of thiazole rings is 1. The molecule has 32 heavy (non-hydrogen) atoms. The Balaban J connectivity index is 1.83. The second kappa shape index (κ2) is 8.18. The van der Waals surface area contributed by atoms with Crippen LogP contribution in [0.15, 0.2) is 44.8 Å². The lowest BCUT2D eigenvalue weighted by Crippen LogP contribution is -2.33. The van der Waals surface area contributed by atoms with E-state index in [2.05, 4.69) is 21.7 Å². The third-order valence-electron chi connectivity index (χ3n) is 4.57. The molecule has 2 N–H and O–H groups in total. The molecule has 4 rings (SSSR count). The Morgan fingerprint density at radius 2 is 1.78 bits per heavy atom. The minimum Gasteiger partial charge on any atom is -0.309 e. The van der Waals surface area contributed by atoms with E-state index in [0.29, 0.717) is 43.5 Å². The number of hydrogen-bond acceptors (Lipinski definition) is 7. The van der Waals surface area contributed by atoms with Gasteiger partial charge in [-0.25, -0.2) is 0 Å². The fourth-order valence-corrected chi connectivity index (χ4v) is 6.31. The quantitative estimate of drug-likeness (QED) is 0.175. The number of rotatable bonds is 5. The maximum Gasteiger partial charge on any atom is 0.423 e. The van der Waals surface area contributed by atoms with E-state index in [-0.39, 0.29) is 10.2 Å². The minimum atomic E-state index is -4.35. The van der Waals surface area contributed by atoms with Crippen LogP contribution in [0.1, 0.15) is 13.8 Å². The van der Waals surface area contributed by atoms with Gasteiger partial charge < -0.3 is 4.57 Å². The smallest absolute Gasteiger partial charge is 0.309 e. The van der Waals surface area contributed by atoms with Gasteiger partial charge in [0.05, 0.1) is 4.53 Å². The first-order valence-corrected chi connectivity index (χ1v) is 13.7. The Hall–Kier alpha value is -2.41. The summed E-state index contributed by atoms with van der Waals surface area (Å²) in [5.74, 6) is 0. The summed E-state index contributed by atoms with van der Waals surface area (Å²) in [6.45, 7) is 4.85. The molecular weight excluding hydrogens is 496 g/mol. The van der Waals surface area contributed by atoms with Gasteiger partial charge in [0.15, 0.2) is 10.9 Å². The number of nitrogens with zero attached hydrogens (tertiary/aromatic N) is 4. The summed E-state index contributed by atoms with van der Waals surface area (Å²) >= 11 is 2.39. The zero-order chi connectivity index (χ0) is 23.3. The molecule has 2 heterocycles. The molecule has 0 unspecified atom stereocenters. The van der Waals surface area contributed by atoms with Crippen LogP contribution in [-0.4, -0.2) is 52.0 Å². The molecule has 1 radical (unpaired) electrons. The monoisotopic (exact) mass is 512 g/mol. The molecule has 0 amide bonds. The summed E-state index contributed by atoms with van der Waals surface area (Å²) in [7, 11) is -8.70. The van der Waals surface area contributed by atoms with Crippen molar-refractivity contribution in [3.05, 3.63) is 54.5 Å². The first-order chi connectivity index (χ1) is 15.0. The molecule has 10 nitrogen and oxygen atoms in total. The Bertz CT molecular complexity index is 1620. The highest BCUT2D eigenvalue weighted by atomic mass is 32.2. The molecule has 1 aromatic rings. The van der Waals surface area contributed by atoms with Crippen LogP contribution >= 0.6 is 11.3 Å². The second-order valence-corrected chi connectivity index (χ2v) is 11.4. The zero-order valence-electron chi connectivity index (χ0n) is 16.7. The molecular formula is C18H16N4O6S4+. The molecule has 1 aliphatic heterocycles. The summed E-state index contributed by atoms with van der Waals surface area (Å²) < 4.78 is 66.6. The molecule has 0 saturated heterocycles. The largest absolute Gasteiger partial charge is 0.423 e. The Morgan fingerprint density at radius 3 is 2.41 bits per heavy atom. The predicted molar refractivity (Wildman–Crippen MR) is 123 cm³/mol. The van der Waals surface area contributed by atoms with Gasteiger partial charge in [-0.2, -0.15) is 16.8 Å². The molecule has 0 saturated carbocycles. The van der Waals surface area contributed by atoms with Crippen molar-refractivity contribution in [3.63, 3.8) is 0 Å². The fraction of sp³-hybridized carbons (Fsp3) is 0.222. The molecule has 0 atom stereocenters. The molecule has 0 aromatic carbocycles. The molecule has 3 aliphatic rings. The van der Waals surface area contributed by atoms with Crippen molar-refractivity contribution in [1.82, 2.24) is 9.47 Å². The molecule has 1 aromatic heterocycles. The SMILES string of the molecule is CCN1C2=C=CC(S(=O)(=O)O)=CC2=[S+]/C1=N/N=c1/sc2c(n1CC)=C=C[C](S(=O)(=O)O)C=2. The summed E-state index contributed by atoms with van der Waals surface area (Å²) in [5.41, 5.74) is 6.38. The van der Waals surface area contributed by atoms with Gasteiger partial charge in [0.25, 0.3) is 36.5 Å². The van der Waals surface area contributed by atoms with Crippen molar-refractivity contribution in [2.75, 3.05) is 6.54 Å². The van der Waals surface area contributed by atoms with Crippen LogP contribution in [0, 0.1) is 5.25 Å². The van der Waals surface area contributed by atoms with Crippen molar-refractivity contribution in [3.8, 4) is 0 Å². The Morgan fingerprint density at radius 1 is 1.03 bits per heavy atom. The normalized spacial score (nSPS) is 19.9. The molecule has 167 valence electrons. The average Bonchev–Trinajstić information content (AvgIpc) is 3.26. The van der Waals surface area contributed by atoms with Crippen molar-refractivity contribution in [2.45, 2.75) is 20.4 Å². The third-order valence-corrected chi connectivity index (χ3v) is 8.26. The van der Waals surface area contributed by atoms with Gasteiger partial charge in [-0.05, 0) is 26.0 Å². The van der Waals surface area contributed by atoms with Crippen molar-refractivity contribution >= 4 is 64.8 Å². The van der Waals surface area contributed by atoms with E-state index in [9.17, 15) is 25.9 Å². The van der Waals surface area contributed by atoms with Gasteiger partial charge in [0.1, 0.15) is 10.3 Å². The molecule has 0 fully saturated rings. The number of hydrogen-bond donors (Lipinski definition) is 2. The van der Waals surface area contributed by atoms with Crippen LogP contribution in [0.5, 0.6) is 0 Å². The lowest BCUT2D eigenvalue weighted by atomic mass is 10.2. The van der Waals surface area contributed by atoms with Crippen molar-refractivity contribution < 1.29 is 25.9 Å². The number of aromatic nitrogens is 1. The van der Waals surface area contributed by atoms with Crippen LogP contribution in [0.3, 0.4) is 0 Å². The lowest BCUT2D eigenvalue weighted by molar-refractivity contribution is 0.488. The summed E-state index contributed by atoms with van der Waals surface area (Å²) in [5, 5.41) is 9.54. The maximum absolute atomic E-state index is 11.4. The average molecular weight is 513 g/mol. The van der Waals surface area contributed by atoms with Crippen LogP contribution in [-0.2, 0) is 38.1 Å². The van der Waals surface area contributed by atoms with E-state index >= 15 is 0 Å². The van der Waals surface area contributed by atoms with Gasteiger partial charge in [0, 0.05) is 25.2 Å².